The van der Waals surface area contributed by atoms with Crippen molar-refractivity contribution in [3.63, 3.8) is 0 Å². The van der Waals surface area contributed by atoms with Crippen molar-refractivity contribution in [1.29, 1.82) is 0 Å². The minimum atomic E-state index is -1.09. The largest absolute Gasteiger partial charge is 0.370 e. The fourth-order valence-corrected chi connectivity index (χ4v) is 3.69. The highest BCUT2D eigenvalue weighted by Crippen LogP contribution is 2.15. The zero-order valence-corrected chi connectivity index (χ0v) is 25.1. The van der Waals surface area contributed by atoms with Crippen molar-refractivity contribution < 1.29 is 33.7 Å². The van der Waals surface area contributed by atoms with Crippen LogP contribution in [0.25, 0.3) is 0 Å². The number of amides is 6. The molecule has 0 fully saturated rings. The first-order valence-corrected chi connectivity index (χ1v) is 13.7. The number of nitrogens with two attached hydrogens (primary N) is 2. The van der Waals surface area contributed by atoms with E-state index in [4.69, 9.17) is 11.5 Å². The Morgan fingerprint density at radius 2 is 1.16 bits per heavy atom. The summed E-state index contributed by atoms with van der Waals surface area (Å²) >= 11 is 0. The molecular formula is C27H42N8O8. The van der Waals surface area contributed by atoms with Crippen LogP contribution in [-0.4, -0.2) is 70.6 Å². The predicted octanol–water partition coefficient (Wildman–Crippen LogP) is -0.583. The van der Waals surface area contributed by atoms with E-state index in [1.54, 1.807) is 27.7 Å². The molecule has 0 saturated heterocycles. The van der Waals surface area contributed by atoms with Gasteiger partial charge in [0, 0.05) is 24.2 Å². The van der Waals surface area contributed by atoms with E-state index in [0.717, 1.165) is 0 Å². The molecule has 43 heavy (non-hydrogen) atoms. The number of anilines is 1. The van der Waals surface area contributed by atoms with Crippen LogP contribution in [0.4, 0.5) is 11.4 Å². The quantitative estimate of drug-likeness (QED) is 0.0936. The third-order valence-corrected chi connectivity index (χ3v) is 6.38. The summed E-state index contributed by atoms with van der Waals surface area (Å²) in [4.78, 5) is 85.0. The summed E-state index contributed by atoms with van der Waals surface area (Å²) < 4.78 is 0. The van der Waals surface area contributed by atoms with Crippen LogP contribution in [0.15, 0.2) is 24.3 Å². The van der Waals surface area contributed by atoms with Crippen LogP contribution < -0.4 is 38.1 Å². The number of nitro groups is 1. The van der Waals surface area contributed by atoms with Crippen LogP contribution in [0.3, 0.4) is 0 Å². The third-order valence-electron chi connectivity index (χ3n) is 6.38. The molecule has 16 heteroatoms. The summed E-state index contributed by atoms with van der Waals surface area (Å²) in [5.41, 5.74) is 11.0. The number of nitro benzene ring substituents is 1. The maximum absolute atomic E-state index is 13.1. The lowest BCUT2D eigenvalue weighted by Gasteiger charge is -2.28. The summed E-state index contributed by atoms with van der Waals surface area (Å²) in [5.74, 6) is -4.64. The molecule has 0 bridgehead atoms. The Hall–Kier alpha value is -4.60. The Balaban J connectivity index is 2.78. The Morgan fingerprint density at radius 3 is 1.63 bits per heavy atom. The van der Waals surface area contributed by atoms with Gasteiger partial charge in [0.25, 0.3) is 5.69 Å². The lowest BCUT2D eigenvalue weighted by Crippen LogP contribution is -2.60. The van der Waals surface area contributed by atoms with Crippen molar-refractivity contribution >= 4 is 46.8 Å². The molecule has 0 unspecified atom stereocenters. The molecule has 0 radical (unpaired) electrons. The molecule has 0 saturated carbocycles. The molecule has 0 aromatic heterocycles. The molecule has 6 amide bonds. The van der Waals surface area contributed by atoms with E-state index >= 15 is 0 Å². The van der Waals surface area contributed by atoms with Crippen LogP contribution in [0, 0.1) is 22.0 Å². The first-order chi connectivity index (χ1) is 19.9. The standard InChI is InChI=1S/C27H42N8O8/c1-13(2)21(34-27(41)22(14(3)4)33-25(39)19(28)11-12-20(29)36)26(40)31-15(5)23(37)30-16(6)24(38)32-17-7-9-18(10-8-17)35(42)43/h7-10,13-16,19,21-22H,11-12,28H2,1-6H3,(H2,29,36)(H,30,37)(H,31,40)(H,32,38)(H,33,39)(H,34,41)/t15-,16-,19-,21+,22-/m0/s1. The maximum atomic E-state index is 13.1. The van der Waals surface area contributed by atoms with E-state index in [1.165, 1.54) is 38.1 Å². The van der Waals surface area contributed by atoms with Gasteiger partial charge in [-0.1, -0.05) is 27.7 Å². The van der Waals surface area contributed by atoms with Gasteiger partial charge in [-0.2, -0.15) is 0 Å². The van der Waals surface area contributed by atoms with Gasteiger partial charge in [0.15, 0.2) is 0 Å². The fourth-order valence-electron chi connectivity index (χ4n) is 3.69. The van der Waals surface area contributed by atoms with Gasteiger partial charge in [0.05, 0.1) is 11.0 Å². The van der Waals surface area contributed by atoms with E-state index in [1.807, 2.05) is 0 Å². The van der Waals surface area contributed by atoms with Gasteiger partial charge >= 0.3 is 0 Å². The second-order valence-corrected chi connectivity index (χ2v) is 10.8. The maximum Gasteiger partial charge on any atom is 0.269 e. The smallest absolute Gasteiger partial charge is 0.269 e. The molecule has 5 atom stereocenters. The van der Waals surface area contributed by atoms with Gasteiger partial charge in [0.1, 0.15) is 24.2 Å². The molecule has 0 aliphatic heterocycles. The van der Waals surface area contributed by atoms with Crippen molar-refractivity contribution in [1.82, 2.24) is 21.3 Å². The third kappa shape index (κ3) is 12.0. The molecule has 1 rings (SSSR count). The average molecular weight is 607 g/mol. The Kier molecular flexibility index (Phi) is 14.2. The number of carbonyl (C=O) groups is 6. The average Bonchev–Trinajstić information content (AvgIpc) is 2.92. The van der Waals surface area contributed by atoms with Crippen LogP contribution in [0.1, 0.15) is 54.4 Å². The van der Waals surface area contributed by atoms with Gasteiger partial charge in [-0.05, 0) is 44.2 Å². The highest BCUT2D eigenvalue weighted by Gasteiger charge is 2.32. The van der Waals surface area contributed by atoms with Crippen LogP contribution in [0.2, 0.25) is 0 Å². The zero-order valence-electron chi connectivity index (χ0n) is 25.1. The van der Waals surface area contributed by atoms with Crippen molar-refractivity contribution in [3.05, 3.63) is 34.4 Å². The Labute approximate surface area is 249 Å². The summed E-state index contributed by atoms with van der Waals surface area (Å²) in [6.07, 6.45) is -0.0976. The van der Waals surface area contributed by atoms with Crippen LogP contribution in [-0.2, 0) is 28.8 Å². The number of hydrogen-bond acceptors (Lipinski definition) is 9. The monoisotopic (exact) mass is 606 g/mol. The zero-order chi connectivity index (χ0) is 33.0. The molecule has 9 N–H and O–H groups in total. The molecule has 1 aromatic carbocycles. The van der Waals surface area contributed by atoms with Crippen molar-refractivity contribution in [2.45, 2.75) is 84.6 Å². The van der Waals surface area contributed by atoms with E-state index in [-0.39, 0.29) is 30.1 Å². The fraction of sp³-hybridized carbons (Fsp3) is 0.556. The lowest BCUT2D eigenvalue weighted by atomic mass is 9.99. The van der Waals surface area contributed by atoms with Crippen LogP contribution >= 0.6 is 0 Å². The first kappa shape index (κ1) is 36.4. The second kappa shape index (κ2) is 16.7. The molecule has 1 aromatic rings. The minimum absolute atomic E-state index is 0.00188. The molecule has 238 valence electrons. The summed E-state index contributed by atoms with van der Waals surface area (Å²) in [6, 6.07) is -0.161. The van der Waals surface area contributed by atoms with E-state index in [0.29, 0.717) is 0 Å². The first-order valence-electron chi connectivity index (χ1n) is 13.7. The summed E-state index contributed by atoms with van der Waals surface area (Å²) in [7, 11) is 0. The Morgan fingerprint density at radius 1 is 0.721 bits per heavy atom. The van der Waals surface area contributed by atoms with Gasteiger partial charge in [-0.15, -0.1) is 0 Å². The highest BCUT2D eigenvalue weighted by atomic mass is 16.6. The summed E-state index contributed by atoms with van der Waals surface area (Å²) in [6.45, 7) is 9.57. The number of nitrogens with zero attached hydrogens (tertiary/aromatic N) is 1. The molecule has 0 aliphatic rings. The van der Waals surface area contributed by atoms with Crippen molar-refractivity contribution in [2.24, 2.45) is 23.3 Å². The molecule has 0 spiro atoms. The van der Waals surface area contributed by atoms with Crippen LogP contribution in [0.5, 0.6) is 0 Å². The number of hydrogen-bond donors (Lipinski definition) is 7. The number of primary amides is 1. The van der Waals surface area contributed by atoms with Crippen molar-refractivity contribution in [2.75, 3.05) is 5.32 Å². The van der Waals surface area contributed by atoms with Crippen molar-refractivity contribution in [3.8, 4) is 0 Å². The van der Waals surface area contributed by atoms with Gasteiger partial charge in [0.2, 0.25) is 35.4 Å². The molecular weight excluding hydrogens is 564 g/mol. The number of rotatable bonds is 16. The van der Waals surface area contributed by atoms with E-state index in [9.17, 15) is 38.9 Å². The Bertz CT molecular complexity index is 1190. The van der Waals surface area contributed by atoms with Gasteiger partial charge < -0.3 is 38.1 Å². The minimum Gasteiger partial charge on any atom is -0.370 e. The number of benzene rings is 1. The SMILES string of the molecule is CC(C)[C@H](NC(=O)[C@@H](N)CCC(N)=O)C(=O)N[C@@H](C(=O)N[C@@H](C)C(=O)N[C@@H](C)C(=O)Nc1ccc([N+](=O)[O-])cc1)C(C)C. The van der Waals surface area contributed by atoms with Gasteiger partial charge in [-0.3, -0.25) is 38.9 Å². The van der Waals surface area contributed by atoms with Gasteiger partial charge in [-0.25, -0.2) is 0 Å². The topological polar surface area (TPSA) is 258 Å². The van der Waals surface area contributed by atoms with E-state index in [2.05, 4.69) is 26.6 Å². The number of nitrogens with one attached hydrogen (secondary N) is 5. The summed E-state index contributed by atoms with van der Waals surface area (Å²) in [5, 5.41) is 23.5. The highest BCUT2D eigenvalue weighted by molar-refractivity contribution is 5.99. The second-order valence-electron chi connectivity index (χ2n) is 10.8. The predicted molar refractivity (Wildman–Crippen MR) is 157 cm³/mol. The number of non-ortho nitro benzene ring substituents is 1. The molecule has 16 nitrogen and oxygen atoms in total. The normalized spacial score (nSPS) is 14.4. The molecule has 0 aliphatic carbocycles. The number of carbonyl (C=O) groups excluding carboxylic acids is 6. The van der Waals surface area contributed by atoms with E-state index < -0.39 is 76.5 Å². The lowest BCUT2D eigenvalue weighted by molar-refractivity contribution is -0.384. The molecule has 0 heterocycles.